The molecule has 1 aromatic heterocycles. The average molecular weight is 530 g/mol. The summed E-state index contributed by atoms with van der Waals surface area (Å²) in [6.07, 6.45) is 2.04. The number of nitro benzene ring substituents is 1. The number of hydrogen-bond acceptors (Lipinski definition) is 7. The van der Waals surface area contributed by atoms with Gasteiger partial charge in [0.25, 0.3) is 5.69 Å². The highest BCUT2D eigenvalue weighted by molar-refractivity contribution is 7.89. The van der Waals surface area contributed by atoms with E-state index in [2.05, 4.69) is 28.9 Å². The van der Waals surface area contributed by atoms with Crippen molar-refractivity contribution in [2.75, 3.05) is 31.1 Å². The summed E-state index contributed by atoms with van der Waals surface area (Å²) in [6, 6.07) is 13.7. The van der Waals surface area contributed by atoms with Gasteiger partial charge in [0.2, 0.25) is 10.0 Å². The lowest BCUT2D eigenvalue weighted by Gasteiger charge is -2.26. The molecule has 9 nitrogen and oxygen atoms in total. The molecular weight excluding hydrogens is 502 g/mol. The van der Waals surface area contributed by atoms with Crippen LogP contribution >= 0.6 is 11.6 Å². The molecule has 1 saturated heterocycles. The van der Waals surface area contributed by atoms with Crippen molar-refractivity contribution in [3.05, 3.63) is 86.3 Å². The predicted octanol–water partition coefficient (Wildman–Crippen LogP) is 4.40. The van der Waals surface area contributed by atoms with E-state index in [1.54, 1.807) is 0 Å². The number of aryl methyl sites for hydroxylation is 2. The molecule has 0 unspecified atom stereocenters. The zero-order valence-electron chi connectivity index (χ0n) is 20.2. The van der Waals surface area contributed by atoms with Crippen LogP contribution in [-0.2, 0) is 22.9 Å². The Kier molecular flexibility index (Phi) is 7.87. The minimum atomic E-state index is -3.93. The van der Waals surface area contributed by atoms with Crippen molar-refractivity contribution in [2.24, 2.45) is 0 Å². The molecular formula is C25H28ClN5O4S. The SMILES string of the molecule is CCc1nc(C)nc(N2CCCN(S(=O)(=O)c3ccc(Cl)c([N+](=O)[O-])c3)CC2)c1Cc1ccccc1. The van der Waals surface area contributed by atoms with Gasteiger partial charge in [0, 0.05) is 49.9 Å². The van der Waals surface area contributed by atoms with Gasteiger partial charge in [-0.2, -0.15) is 4.31 Å². The van der Waals surface area contributed by atoms with Crippen LogP contribution in [0.15, 0.2) is 53.4 Å². The molecule has 1 aliphatic heterocycles. The van der Waals surface area contributed by atoms with Crippen LogP contribution in [0.1, 0.15) is 36.0 Å². The van der Waals surface area contributed by atoms with E-state index >= 15 is 0 Å². The van der Waals surface area contributed by atoms with Crippen LogP contribution in [0.2, 0.25) is 5.02 Å². The zero-order chi connectivity index (χ0) is 25.9. The molecule has 0 saturated carbocycles. The summed E-state index contributed by atoms with van der Waals surface area (Å²) in [7, 11) is -3.93. The van der Waals surface area contributed by atoms with E-state index < -0.39 is 20.6 Å². The molecule has 3 aromatic rings. The molecule has 2 aromatic carbocycles. The normalized spacial score (nSPS) is 15.0. The summed E-state index contributed by atoms with van der Waals surface area (Å²) in [6.45, 7) is 5.55. The third-order valence-corrected chi connectivity index (χ3v) is 8.46. The Hall–Kier alpha value is -3.08. The molecule has 36 heavy (non-hydrogen) atoms. The number of rotatable bonds is 7. The van der Waals surface area contributed by atoms with Gasteiger partial charge in [-0.15, -0.1) is 0 Å². The fraction of sp³-hybridized carbons (Fsp3) is 0.360. The van der Waals surface area contributed by atoms with Crippen molar-refractivity contribution in [1.82, 2.24) is 14.3 Å². The van der Waals surface area contributed by atoms with Crippen molar-refractivity contribution < 1.29 is 13.3 Å². The van der Waals surface area contributed by atoms with Crippen molar-refractivity contribution in [2.45, 2.75) is 38.0 Å². The topological polar surface area (TPSA) is 110 Å². The van der Waals surface area contributed by atoms with Crippen LogP contribution in [0.25, 0.3) is 0 Å². The van der Waals surface area contributed by atoms with E-state index in [0.29, 0.717) is 38.3 Å². The highest BCUT2D eigenvalue weighted by atomic mass is 35.5. The van der Waals surface area contributed by atoms with Crippen molar-refractivity contribution in [3.63, 3.8) is 0 Å². The number of anilines is 1. The second-order valence-corrected chi connectivity index (χ2v) is 11.0. The third kappa shape index (κ3) is 5.50. The average Bonchev–Trinajstić information content (AvgIpc) is 3.12. The number of hydrogen-bond donors (Lipinski definition) is 0. The Balaban J connectivity index is 1.62. The molecule has 2 heterocycles. The molecule has 1 aliphatic rings. The summed E-state index contributed by atoms with van der Waals surface area (Å²) in [5, 5.41) is 11.2. The predicted molar refractivity (Wildman–Crippen MR) is 139 cm³/mol. The number of benzene rings is 2. The maximum atomic E-state index is 13.3. The molecule has 0 bridgehead atoms. The molecule has 190 valence electrons. The van der Waals surface area contributed by atoms with Crippen LogP contribution in [-0.4, -0.2) is 53.8 Å². The summed E-state index contributed by atoms with van der Waals surface area (Å²) in [4.78, 5) is 22.1. The van der Waals surface area contributed by atoms with Crippen molar-refractivity contribution in [3.8, 4) is 0 Å². The van der Waals surface area contributed by atoms with Crippen molar-refractivity contribution >= 4 is 33.1 Å². The number of sulfonamides is 1. The fourth-order valence-corrected chi connectivity index (χ4v) is 6.14. The second-order valence-electron chi connectivity index (χ2n) is 8.65. The summed E-state index contributed by atoms with van der Waals surface area (Å²) in [5.41, 5.74) is 2.77. The van der Waals surface area contributed by atoms with Gasteiger partial charge in [0.1, 0.15) is 16.7 Å². The Bertz CT molecular complexity index is 1370. The van der Waals surface area contributed by atoms with E-state index in [1.807, 2.05) is 25.1 Å². The van der Waals surface area contributed by atoms with Gasteiger partial charge < -0.3 is 4.90 Å². The largest absolute Gasteiger partial charge is 0.355 e. The van der Waals surface area contributed by atoms with Crippen LogP contribution < -0.4 is 4.90 Å². The quantitative estimate of drug-likeness (QED) is 0.329. The summed E-state index contributed by atoms with van der Waals surface area (Å²) < 4.78 is 28.1. The third-order valence-electron chi connectivity index (χ3n) is 6.25. The second kappa shape index (κ2) is 10.9. The molecule has 0 amide bonds. The summed E-state index contributed by atoms with van der Waals surface area (Å²) in [5.74, 6) is 1.52. The smallest absolute Gasteiger partial charge is 0.289 e. The van der Waals surface area contributed by atoms with E-state index in [1.165, 1.54) is 16.4 Å². The molecule has 0 N–H and O–H groups in total. The molecule has 11 heteroatoms. The van der Waals surface area contributed by atoms with Crippen LogP contribution in [0.5, 0.6) is 0 Å². The van der Waals surface area contributed by atoms with E-state index in [-0.39, 0.29) is 16.5 Å². The highest BCUT2D eigenvalue weighted by Gasteiger charge is 2.30. The van der Waals surface area contributed by atoms with Crippen LogP contribution in [0, 0.1) is 17.0 Å². The van der Waals surface area contributed by atoms with Gasteiger partial charge in [0.15, 0.2) is 0 Å². The molecule has 0 spiro atoms. The maximum Gasteiger partial charge on any atom is 0.289 e. The Labute approximate surface area is 216 Å². The molecule has 4 rings (SSSR count). The standard InChI is InChI=1S/C25H28ClN5O4S/c1-3-23-21(16-19-8-5-4-6-9-19)25(28-18(2)27-23)29-12-7-13-30(15-14-29)36(34,35)20-10-11-22(26)24(17-20)31(32)33/h4-6,8-11,17H,3,7,12-16H2,1-2H3. The first-order valence-electron chi connectivity index (χ1n) is 11.8. The van der Waals surface area contributed by atoms with E-state index in [9.17, 15) is 18.5 Å². The first kappa shape index (κ1) is 26.0. The minimum Gasteiger partial charge on any atom is -0.355 e. The molecule has 0 atom stereocenters. The minimum absolute atomic E-state index is 0.0993. The maximum absolute atomic E-state index is 13.3. The lowest BCUT2D eigenvalue weighted by Crippen LogP contribution is -2.36. The fourth-order valence-electron chi connectivity index (χ4n) is 4.46. The Morgan fingerprint density at radius 1 is 1.06 bits per heavy atom. The lowest BCUT2D eigenvalue weighted by molar-refractivity contribution is -0.384. The van der Waals surface area contributed by atoms with Crippen molar-refractivity contribution in [1.29, 1.82) is 0 Å². The van der Waals surface area contributed by atoms with Gasteiger partial charge in [-0.05, 0) is 37.5 Å². The van der Waals surface area contributed by atoms with Gasteiger partial charge in [-0.25, -0.2) is 18.4 Å². The van der Waals surface area contributed by atoms with Crippen LogP contribution in [0.4, 0.5) is 11.5 Å². The lowest BCUT2D eigenvalue weighted by atomic mass is 10.0. The Morgan fingerprint density at radius 3 is 2.50 bits per heavy atom. The van der Waals surface area contributed by atoms with Gasteiger partial charge in [-0.3, -0.25) is 10.1 Å². The molecule has 0 radical (unpaired) electrons. The number of nitro groups is 1. The molecule has 0 aliphatic carbocycles. The van der Waals surface area contributed by atoms with E-state index in [4.69, 9.17) is 16.6 Å². The van der Waals surface area contributed by atoms with Gasteiger partial charge in [-0.1, -0.05) is 48.9 Å². The number of aromatic nitrogens is 2. The first-order valence-corrected chi connectivity index (χ1v) is 13.6. The van der Waals surface area contributed by atoms with Gasteiger partial charge in [0.05, 0.1) is 9.82 Å². The summed E-state index contributed by atoms with van der Waals surface area (Å²) >= 11 is 5.88. The monoisotopic (exact) mass is 529 g/mol. The number of halogens is 1. The van der Waals surface area contributed by atoms with Crippen LogP contribution in [0.3, 0.4) is 0 Å². The highest BCUT2D eigenvalue weighted by Crippen LogP contribution is 2.30. The molecule has 1 fully saturated rings. The van der Waals surface area contributed by atoms with E-state index in [0.717, 1.165) is 35.1 Å². The number of nitrogens with zero attached hydrogens (tertiary/aromatic N) is 5. The Morgan fingerprint density at radius 2 is 1.81 bits per heavy atom. The zero-order valence-corrected chi connectivity index (χ0v) is 21.8. The first-order chi connectivity index (χ1) is 17.2. The van der Waals surface area contributed by atoms with Gasteiger partial charge >= 0.3 is 0 Å².